The van der Waals surface area contributed by atoms with Crippen LogP contribution in [0.2, 0.25) is 0 Å². The van der Waals surface area contributed by atoms with Crippen molar-refractivity contribution in [3.8, 4) is 11.5 Å². The van der Waals surface area contributed by atoms with Crippen LogP contribution in [0.15, 0.2) is 91.3 Å². The summed E-state index contributed by atoms with van der Waals surface area (Å²) in [4.78, 5) is 54.3. The summed E-state index contributed by atoms with van der Waals surface area (Å²) in [6, 6.07) is 21.0. The standard InChI is InChI=1S/C29H22N2O8/c32-26(22-14-24(28(35)36)25(29(37)38)15-23(22)27(33)34)31(17-19-10-12-30-13-11-19)16-18-6-8-21(9-7-18)39-20-4-2-1-3-5-20/h1-15H,16-17H2,(H,33,34)(H,35,36)(H,37,38). The Hall–Kier alpha value is -5.51. The number of aromatic nitrogens is 1. The number of nitrogens with zero attached hydrogens (tertiary/aromatic N) is 2. The molecule has 1 amide bonds. The van der Waals surface area contributed by atoms with Crippen molar-refractivity contribution < 1.29 is 39.2 Å². The van der Waals surface area contributed by atoms with Gasteiger partial charge in [-0.3, -0.25) is 9.78 Å². The number of para-hydroxylation sites is 1. The summed E-state index contributed by atoms with van der Waals surface area (Å²) in [6.45, 7) is 0.0840. The SMILES string of the molecule is O=C(O)c1cc(C(=O)O)c(C(=O)N(Cc2ccncc2)Cc2ccc(Oc3ccccc3)cc2)cc1C(=O)O. The van der Waals surface area contributed by atoms with Gasteiger partial charge in [0, 0.05) is 25.5 Å². The van der Waals surface area contributed by atoms with Gasteiger partial charge in [0.25, 0.3) is 5.91 Å². The Morgan fingerprint density at radius 3 is 1.62 bits per heavy atom. The van der Waals surface area contributed by atoms with E-state index in [9.17, 15) is 34.5 Å². The Kier molecular flexibility index (Phi) is 7.96. The third-order valence-electron chi connectivity index (χ3n) is 5.77. The predicted octanol–water partition coefficient (Wildman–Crippen LogP) is 4.81. The highest BCUT2D eigenvalue weighted by Crippen LogP contribution is 2.24. The van der Waals surface area contributed by atoms with Gasteiger partial charge < -0.3 is 25.0 Å². The van der Waals surface area contributed by atoms with Crippen LogP contribution in [-0.2, 0) is 13.1 Å². The van der Waals surface area contributed by atoms with Crippen molar-refractivity contribution in [1.82, 2.24) is 9.88 Å². The van der Waals surface area contributed by atoms with Crippen molar-refractivity contribution in [3.05, 3.63) is 125 Å². The van der Waals surface area contributed by atoms with Gasteiger partial charge in [0.15, 0.2) is 0 Å². The lowest BCUT2D eigenvalue weighted by Crippen LogP contribution is -2.32. The lowest BCUT2D eigenvalue weighted by Gasteiger charge is -2.24. The van der Waals surface area contributed by atoms with E-state index >= 15 is 0 Å². The van der Waals surface area contributed by atoms with Crippen LogP contribution in [0.4, 0.5) is 0 Å². The van der Waals surface area contributed by atoms with Crippen LogP contribution in [0.1, 0.15) is 52.6 Å². The molecule has 0 aliphatic rings. The molecule has 39 heavy (non-hydrogen) atoms. The molecule has 0 spiro atoms. The average Bonchev–Trinajstić information content (AvgIpc) is 2.93. The molecule has 3 aromatic carbocycles. The van der Waals surface area contributed by atoms with Crippen molar-refractivity contribution in [1.29, 1.82) is 0 Å². The molecule has 0 unspecified atom stereocenters. The van der Waals surface area contributed by atoms with Crippen molar-refractivity contribution >= 4 is 23.8 Å². The summed E-state index contributed by atoms with van der Waals surface area (Å²) in [5, 5.41) is 28.7. The van der Waals surface area contributed by atoms with E-state index in [1.54, 1.807) is 48.8 Å². The fraction of sp³-hybridized carbons (Fsp3) is 0.0690. The molecule has 0 atom stereocenters. The predicted molar refractivity (Wildman–Crippen MR) is 138 cm³/mol. The number of hydrogen-bond donors (Lipinski definition) is 3. The normalized spacial score (nSPS) is 10.5. The molecule has 0 aliphatic heterocycles. The molecule has 0 radical (unpaired) electrons. The molecule has 0 saturated carbocycles. The van der Waals surface area contributed by atoms with Gasteiger partial charge >= 0.3 is 17.9 Å². The lowest BCUT2D eigenvalue weighted by molar-refractivity contribution is 0.0643. The van der Waals surface area contributed by atoms with Crippen molar-refractivity contribution in [3.63, 3.8) is 0 Å². The Labute approximate surface area is 222 Å². The molecule has 1 heterocycles. The molecule has 0 bridgehead atoms. The van der Waals surface area contributed by atoms with Gasteiger partial charge in [-0.25, -0.2) is 14.4 Å². The van der Waals surface area contributed by atoms with E-state index in [0.29, 0.717) is 28.7 Å². The molecule has 10 heteroatoms. The highest BCUT2D eigenvalue weighted by Gasteiger charge is 2.28. The highest BCUT2D eigenvalue weighted by atomic mass is 16.5. The lowest BCUT2D eigenvalue weighted by atomic mass is 9.97. The van der Waals surface area contributed by atoms with Gasteiger partial charge in [0.05, 0.1) is 22.3 Å². The summed E-state index contributed by atoms with van der Waals surface area (Å²) in [5.41, 5.74) is -1.10. The smallest absolute Gasteiger partial charge is 0.336 e. The zero-order valence-corrected chi connectivity index (χ0v) is 20.4. The van der Waals surface area contributed by atoms with Crippen molar-refractivity contribution in [2.75, 3.05) is 0 Å². The number of amides is 1. The molecule has 0 aliphatic carbocycles. The maximum absolute atomic E-state index is 13.7. The summed E-state index contributed by atoms with van der Waals surface area (Å²) >= 11 is 0. The van der Waals surface area contributed by atoms with Crippen LogP contribution in [0.25, 0.3) is 0 Å². The van der Waals surface area contributed by atoms with Crippen LogP contribution < -0.4 is 4.74 Å². The number of carboxylic acids is 3. The number of pyridine rings is 1. The molecule has 0 fully saturated rings. The van der Waals surface area contributed by atoms with Crippen LogP contribution in [0.5, 0.6) is 11.5 Å². The molecule has 3 N–H and O–H groups in total. The number of carbonyl (C=O) groups is 4. The first kappa shape index (κ1) is 26.6. The Bertz CT molecular complexity index is 1520. The van der Waals surface area contributed by atoms with E-state index < -0.39 is 46.1 Å². The first-order valence-corrected chi connectivity index (χ1v) is 11.6. The van der Waals surface area contributed by atoms with Gasteiger partial charge in [-0.05, 0) is 59.7 Å². The zero-order valence-electron chi connectivity index (χ0n) is 20.4. The van der Waals surface area contributed by atoms with E-state index in [2.05, 4.69) is 4.98 Å². The molecule has 4 aromatic rings. The third kappa shape index (κ3) is 6.44. The second-order valence-electron chi connectivity index (χ2n) is 8.43. The van der Waals surface area contributed by atoms with Crippen LogP contribution in [-0.4, -0.2) is 49.0 Å². The molecule has 10 nitrogen and oxygen atoms in total. The molecule has 196 valence electrons. The number of hydrogen-bond acceptors (Lipinski definition) is 6. The number of aromatic carboxylic acids is 3. The second kappa shape index (κ2) is 11.7. The van der Waals surface area contributed by atoms with Gasteiger partial charge in [0.1, 0.15) is 11.5 Å². The van der Waals surface area contributed by atoms with Crippen LogP contribution in [0, 0.1) is 0 Å². The van der Waals surface area contributed by atoms with E-state index in [1.165, 1.54) is 4.90 Å². The van der Waals surface area contributed by atoms with Gasteiger partial charge in [0.2, 0.25) is 0 Å². The first-order chi connectivity index (χ1) is 18.7. The number of carboxylic acid groups (broad SMARTS) is 3. The minimum atomic E-state index is -1.62. The van der Waals surface area contributed by atoms with E-state index in [4.69, 9.17) is 4.74 Å². The van der Waals surface area contributed by atoms with Gasteiger partial charge in [-0.15, -0.1) is 0 Å². The Morgan fingerprint density at radius 2 is 1.08 bits per heavy atom. The maximum atomic E-state index is 13.7. The summed E-state index contributed by atoms with van der Waals surface area (Å²) < 4.78 is 5.80. The summed E-state index contributed by atoms with van der Waals surface area (Å²) in [6.07, 6.45) is 3.08. The topological polar surface area (TPSA) is 154 Å². The Balaban J connectivity index is 1.69. The number of ether oxygens (including phenoxy) is 1. The van der Waals surface area contributed by atoms with Crippen molar-refractivity contribution in [2.24, 2.45) is 0 Å². The van der Waals surface area contributed by atoms with Crippen molar-refractivity contribution in [2.45, 2.75) is 13.1 Å². The highest BCUT2D eigenvalue weighted by molar-refractivity contribution is 6.10. The second-order valence-corrected chi connectivity index (χ2v) is 8.43. The third-order valence-corrected chi connectivity index (χ3v) is 5.77. The zero-order chi connectivity index (χ0) is 27.9. The van der Waals surface area contributed by atoms with Gasteiger partial charge in [-0.1, -0.05) is 30.3 Å². The van der Waals surface area contributed by atoms with Crippen LogP contribution >= 0.6 is 0 Å². The van der Waals surface area contributed by atoms with Crippen LogP contribution in [0.3, 0.4) is 0 Å². The molecule has 4 rings (SSSR count). The first-order valence-electron chi connectivity index (χ1n) is 11.6. The monoisotopic (exact) mass is 526 g/mol. The minimum absolute atomic E-state index is 0.0366. The molecular weight excluding hydrogens is 504 g/mol. The summed E-state index contributed by atoms with van der Waals surface area (Å²) in [7, 11) is 0. The minimum Gasteiger partial charge on any atom is -0.478 e. The largest absolute Gasteiger partial charge is 0.478 e. The Morgan fingerprint density at radius 1 is 0.615 bits per heavy atom. The van der Waals surface area contributed by atoms with E-state index in [0.717, 1.165) is 6.07 Å². The number of rotatable bonds is 10. The summed E-state index contributed by atoms with van der Waals surface area (Å²) in [5.74, 6) is -4.36. The quantitative estimate of drug-likeness (QED) is 0.264. The fourth-order valence-electron chi connectivity index (χ4n) is 3.89. The van der Waals surface area contributed by atoms with Gasteiger partial charge in [-0.2, -0.15) is 0 Å². The van der Waals surface area contributed by atoms with E-state index in [1.807, 2.05) is 30.3 Å². The fourth-order valence-corrected chi connectivity index (χ4v) is 3.89. The average molecular weight is 527 g/mol. The van der Waals surface area contributed by atoms with E-state index in [-0.39, 0.29) is 13.1 Å². The number of benzene rings is 3. The molecule has 0 saturated heterocycles. The molecule has 1 aromatic heterocycles. The number of carbonyl (C=O) groups excluding carboxylic acids is 1. The maximum Gasteiger partial charge on any atom is 0.336 e. The molecular formula is C29H22N2O8.